The molecule has 0 radical (unpaired) electrons. The molecule has 0 bridgehead atoms. The Labute approximate surface area is 122 Å². The average Bonchev–Trinajstić information content (AvgIpc) is 2.89. The number of rotatable bonds is 7. The highest BCUT2D eigenvalue weighted by Gasteiger charge is 2.06. The number of hydrogen-bond acceptors (Lipinski definition) is 2. The highest BCUT2D eigenvalue weighted by atomic mass is 15.1. The molecule has 0 aliphatic heterocycles. The van der Waals surface area contributed by atoms with Gasteiger partial charge in [0.1, 0.15) is 0 Å². The summed E-state index contributed by atoms with van der Waals surface area (Å²) < 4.78 is 2.15. The lowest BCUT2D eigenvalue weighted by Crippen LogP contribution is -2.22. The maximum atomic E-state index is 3.56. The van der Waals surface area contributed by atoms with Crippen LogP contribution < -0.4 is 5.32 Å². The predicted molar refractivity (Wildman–Crippen MR) is 85.8 cm³/mol. The first-order chi connectivity index (χ1) is 9.74. The molecule has 3 heteroatoms. The normalized spacial score (nSPS) is 11.0. The van der Waals surface area contributed by atoms with Gasteiger partial charge in [-0.2, -0.15) is 0 Å². The van der Waals surface area contributed by atoms with E-state index in [1.807, 2.05) is 0 Å². The first kappa shape index (κ1) is 14.7. The zero-order chi connectivity index (χ0) is 14.4. The van der Waals surface area contributed by atoms with Crippen molar-refractivity contribution in [3.05, 3.63) is 53.9 Å². The number of aromatic nitrogens is 1. The number of hydrogen-bond donors (Lipinski definition) is 1. The van der Waals surface area contributed by atoms with Crippen molar-refractivity contribution in [3.8, 4) is 0 Å². The Balaban J connectivity index is 2.06. The second-order valence-electron chi connectivity index (χ2n) is 5.08. The Bertz CT molecular complexity index is 527. The first-order valence-electron chi connectivity index (χ1n) is 7.39. The second kappa shape index (κ2) is 7.15. The Morgan fingerprint density at radius 2 is 1.80 bits per heavy atom. The van der Waals surface area contributed by atoms with Crippen LogP contribution in [-0.4, -0.2) is 22.6 Å². The summed E-state index contributed by atoms with van der Waals surface area (Å²) in [4.78, 5) is 2.43. The number of nitrogens with one attached hydrogen (secondary N) is 1. The summed E-state index contributed by atoms with van der Waals surface area (Å²) in [7, 11) is 2.08. The van der Waals surface area contributed by atoms with Crippen molar-refractivity contribution in [3.63, 3.8) is 0 Å². The Hall–Kier alpha value is -1.74. The molecule has 108 valence electrons. The first-order valence-corrected chi connectivity index (χ1v) is 7.39. The summed E-state index contributed by atoms with van der Waals surface area (Å²) in [6.07, 6.45) is 2.08. The molecule has 1 aromatic carbocycles. The van der Waals surface area contributed by atoms with E-state index in [1.54, 1.807) is 0 Å². The standard InChI is InChI=1S/C17H25N3/c1-4-20(5-2)14-15-9-6-7-11-17(15)18-13-16-10-8-12-19(16)3/h6-12,18H,4-5,13-14H2,1-3H3. The van der Waals surface area contributed by atoms with Crippen LogP contribution in [0.4, 0.5) is 5.69 Å². The molecule has 0 saturated carbocycles. The van der Waals surface area contributed by atoms with Crippen LogP contribution in [0.1, 0.15) is 25.1 Å². The van der Waals surface area contributed by atoms with Crippen LogP contribution in [0, 0.1) is 0 Å². The van der Waals surface area contributed by atoms with Crippen molar-refractivity contribution in [1.29, 1.82) is 0 Å². The molecule has 3 nitrogen and oxygen atoms in total. The minimum absolute atomic E-state index is 0.860. The van der Waals surface area contributed by atoms with Gasteiger partial charge in [0.2, 0.25) is 0 Å². The molecule has 2 aromatic rings. The molecule has 0 saturated heterocycles. The maximum absolute atomic E-state index is 3.56. The van der Waals surface area contributed by atoms with Crippen molar-refractivity contribution < 1.29 is 0 Å². The quantitative estimate of drug-likeness (QED) is 0.832. The van der Waals surface area contributed by atoms with E-state index in [2.05, 4.69) is 78.3 Å². The molecule has 0 unspecified atom stereocenters. The molecule has 0 amide bonds. The third-order valence-corrected chi connectivity index (χ3v) is 3.82. The largest absolute Gasteiger partial charge is 0.379 e. The number of aryl methyl sites for hydroxylation is 1. The summed E-state index contributed by atoms with van der Waals surface area (Å²) in [5.41, 5.74) is 3.90. The topological polar surface area (TPSA) is 20.2 Å². The molecular formula is C17H25N3. The van der Waals surface area contributed by atoms with Gasteiger partial charge in [-0.25, -0.2) is 0 Å². The summed E-state index contributed by atoms with van der Waals surface area (Å²) in [6.45, 7) is 8.46. The van der Waals surface area contributed by atoms with Crippen LogP contribution in [-0.2, 0) is 20.1 Å². The van der Waals surface area contributed by atoms with E-state index in [0.717, 1.165) is 26.2 Å². The smallest absolute Gasteiger partial charge is 0.0553 e. The fourth-order valence-corrected chi connectivity index (χ4v) is 2.38. The van der Waals surface area contributed by atoms with E-state index in [1.165, 1.54) is 16.9 Å². The summed E-state index contributed by atoms with van der Waals surface area (Å²) in [6, 6.07) is 12.8. The average molecular weight is 271 g/mol. The van der Waals surface area contributed by atoms with E-state index < -0.39 is 0 Å². The molecular weight excluding hydrogens is 246 g/mol. The molecule has 0 aliphatic carbocycles. The van der Waals surface area contributed by atoms with Crippen molar-refractivity contribution in [2.24, 2.45) is 7.05 Å². The van der Waals surface area contributed by atoms with Gasteiger partial charge >= 0.3 is 0 Å². The van der Waals surface area contributed by atoms with Crippen LogP contribution in [0.25, 0.3) is 0 Å². The molecule has 0 fully saturated rings. The van der Waals surface area contributed by atoms with Crippen molar-refractivity contribution in [1.82, 2.24) is 9.47 Å². The van der Waals surface area contributed by atoms with Gasteiger partial charge in [-0.15, -0.1) is 0 Å². The SMILES string of the molecule is CCN(CC)Cc1ccccc1NCc1cccn1C. The van der Waals surface area contributed by atoms with Crippen molar-refractivity contribution in [2.75, 3.05) is 18.4 Å². The monoisotopic (exact) mass is 271 g/mol. The Morgan fingerprint density at radius 1 is 1.05 bits per heavy atom. The minimum Gasteiger partial charge on any atom is -0.379 e. The zero-order valence-corrected chi connectivity index (χ0v) is 12.8. The van der Waals surface area contributed by atoms with Crippen LogP contribution >= 0.6 is 0 Å². The van der Waals surface area contributed by atoms with Crippen molar-refractivity contribution in [2.45, 2.75) is 26.9 Å². The van der Waals surface area contributed by atoms with Crippen LogP contribution in [0.5, 0.6) is 0 Å². The lowest BCUT2D eigenvalue weighted by Gasteiger charge is -2.20. The van der Waals surface area contributed by atoms with Gasteiger partial charge in [-0.1, -0.05) is 32.0 Å². The van der Waals surface area contributed by atoms with Gasteiger partial charge in [0, 0.05) is 31.2 Å². The fraction of sp³-hybridized carbons (Fsp3) is 0.412. The maximum Gasteiger partial charge on any atom is 0.0553 e. The van der Waals surface area contributed by atoms with Crippen LogP contribution in [0.2, 0.25) is 0 Å². The van der Waals surface area contributed by atoms with E-state index in [9.17, 15) is 0 Å². The van der Waals surface area contributed by atoms with E-state index in [4.69, 9.17) is 0 Å². The van der Waals surface area contributed by atoms with Gasteiger partial charge in [0.05, 0.1) is 6.54 Å². The van der Waals surface area contributed by atoms with Crippen LogP contribution in [0.3, 0.4) is 0 Å². The third-order valence-electron chi connectivity index (χ3n) is 3.82. The number of nitrogens with zero attached hydrogens (tertiary/aromatic N) is 2. The highest BCUT2D eigenvalue weighted by molar-refractivity contribution is 5.51. The minimum atomic E-state index is 0.860. The van der Waals surface area contributed by atoms with E-state index in [-0.39, 0.29) is 0 Å². The summed E-state index contributed by atoms with van der Waals surface area (Å²) >= 11 is 0. The molecule has 1 heterocycles. The molecule has 1 N–H and O–H groups in total. The predicted octanol–water partition coefficient (Wildman–Crippen LogP) is 3.48. The molecule has 1 aromatic heterocycles. The van der Waals surface area contributed by atoms with Gasteiger partial charge in [-0.05, 0) is 36.9 Å². The lowest BCUT2D eigenvalue weighted by molar-refractivity contribution is 0.296. The highest BCUT2D eigenvalue weighted by Crippen LogP contribution is 2.18. The molecule has 0 aliphatic rings. The van der Waals surface area contributed by atoms with Crippen molar-refractivity contribution >= 4 is 5.69 Å². The molecule has 0 atom stereocenters. The fourth-order valence-electron chi connectivity index (χ4n) is 2.38. The van der Waals surface area contributed by atoms with Crippen LogP contribution in [0.15, 0.2) is 42.6 Å². The molecule has 0 spiro atoms. The van der Waals surface area contributed by atoms with Gasteiger partial charge in [0.15, 0.2) is 0 Å². The number of anilines is 1. The van der Waals surface area contributed by atoms with Gasteiger partial charge in [-0.3, -0.25) is 4.90 Å². The van der Waals surface area contributed by atoms with Gasteiger partial charge in [0.25, 0.3) is 0 Å². The number of benzene rings is 1. The van der Waals surface area contributed by atoms with E-state index in [0.29, 0.717) is 0 Å². The molecule has 2 rings (SSSR count). The Kier molecular flexibility index (Phi) is 5.24. The molecule has 20 heavy (non-hydrogen) atoms. The number of para-hydroxylation sites is 1. The van der Waals surface area contributed by atoms with Gasteiger partial charge < -0.3 is 9.88 Å². The second-order valence-corrected chi connectivity index (χ2v) is 5.08. The zero-order valence-electron chi connectivity index (χ0n) is 12.8. The lowest BCUT2D eigenvalue weighted by atomic mass is 10.1. The third kappa shape index (κ3) is 3.64. The van der Waals surface area contributed by atoms with E-state index >= 15 is 0 Å². The Morgan fingerprint density at radius 3 is 2.45 bits per heavy atom. The summed E-state index contributed by atoms with van der Waals surface area (Å²) in [5.74, 6) is 0. The summed E-state index contributed by atoms with van der Waals surface area (Å²) in [5, 5.41) is 3.56.